The van der Waals surface area contributed by atoms with Crippen LogP contribution in [0.4, 0.5) is 32.0 Å². The number of hydrogen-bond acceptors (Lipinski definition) is 4. The molecule has 2 N–H and O–H groups in total. The van der Waals surface area contributed by atoms with Gasteiger partial charge in [0.25, 0.3) is 0 Å². The third kappa shape index (κ3) is 9.79. The van der Waals surface area contributed by atoms with Gasteiger partial charge >= 0.3 is 12.4 Å². The lowest BCUT2D eigenvalue weighted by Crippen LogP contribution is -2.47. The van der Waals surface area contributed by atoms with Crippen molar-refractivity contribution in [2.24, 2.45) is 0 Å². The molecule has 0 bridgehead atoms. The van der Waals surface area contributed by atoms with Crippen LogP contribution in [-0.2, 0) is 36.7 Å². The highest BCUT2D eigenvalue weighted by molar-refractivity contribution is 7.80. The van der Waals surface area contributed by atoms with Crippen LogP contribution < -0.4 is 10.6 Å². The second kappa shape index (κ2) is 15.1. The number of aromatic nitrogens is 2. The second-order valence-corrected chi connectivity index (χ2v) is 11.1. The Balaban J connectivity index is 1.51. The zero-order valence-corrected chi connectivity index (χ0v) is 25.9. The molecule has 0 saturated carbocycles. The number of benzene rings is 3. The molecule has 0 spiro atoms. The maximum atomic E-state index is 13.8. The molecule has 0 aliphatic carbocycles. The Morgan fingerprint density at radius 1 is 1.02 bits per heavy atom. The summed E-state index contributed by atoms with van der Waals surface area (Å²) in [6, 6.07) is 17.7. The van der Waals surface area contributed by atoms with Gasteiger partial charge in [0.1, 0.15) is 0 Å². The van der Waals surface area contributed by atoms with Crippen LogP contribution in [-0.4, -0.2) is 38.1 Å². The molecule has 1 atom stereocenters. The van der Waals surface area contributed by atoms with Gasteiger partial charge < -0.3 is 20.1 Å². The van der Waals surface area contributed by atoms with Crippen LogP contribution >= 0.6 is 12.2 Å². The Labute approximate surface area is 272 Å². The Kier molecular flexibility index (Phi) is 11.3. The van der Waals surface area contributed by atoms with E-state index in [0.717, 1.165) is 23.8 Å². The summed E-state index contributed by atoms with van der Waals surface area (Å²) in [4.78, 5) is 18.7. The Bertz CT molecular complexity index is 1730. The molecule has 0 unspecified atom stereocenters. The van der Waals surface area contributed by atoms with Crippen LogP contribution in [0.1, 0.15) is 46.9 Å². The van der Waals surface area contributed by atoms with Crippen molar-refractivity contribution in [3.63, 3.8) is 0 Å². The molecule has 14 heteroatoms. The fourth-order valence-electron chi connectivity index (χ4n) is 4.84. The van der Waals surface area contributed by atoms with Crippen LogP contribution in [0, 0.1) is 11.3 Å². The molecule has 246 valence electrons. The molecule has 0 aliphatic rings. The van der Waals surface area contributed by atoms with Crippen molar-refractivity contribution < 1.29 is 31.1 Å². The molecule has 0 aliphatic heterocycles. The zero-order valence-electron chi connectivity index (χ0n) is 25.1. The number of thiocarbonyl (C=S) groups is 1. The SMILES string of the molecule is CC[C@@H](CN(Cc1ccccc1C(F)(F)F)C(=S)Nc1cccc(C(F)(F)F)c1)NC(=O)Cc1cncn1Cc1ccc(C#N)cc1. The number of alkyl halides is 6. The number of imidazole rings is 1. The molecule has 0 radical (unpaired) electrons. The van der Waals surface area contributed by atoms with Crippen molar-refractivity contribution >= 4 is 28.9 Å². The number of nitrogens with one attached hydrogen (secondary N) is 2. The molecule has 3 aromatic carbocycles. The number of nitriles is 1. The van der Waals surface area contributed by atoms with E-state index >= 15 is 0 Å². The molecule has 1 heterocycles. The fourth-order valence-corrected chi connectivity index (χ4v) is 5.10. The predicted molar refractivity (Wildman–Crippen MR) is 168 cm³/mol. The van der Waals surface area contributed by atoms with Gasteiger partial charge in [-0.1, -0.05) is 43.3 Å². The second-order valence-electron chi connectivity index (χ2n) is 10.7. The number of rotatable bonds is 11. The van der Waals surface area contributed by atoms with Gasteiger partial charge in [-0.05, 0) is 66.2 Å². The number of nitrogens with zero attached hydrogens (tertiary/aromatic N) is 4. The molecule has 0 fully saturated rings. The predicted octanol–water partition coefficient (Wildman–Crippen LogP) is 7.18. The summed E-state index contributed by atoms with van der Waals surface area (Å²) in [5.41, 5.74) is 0.139. The highest BCUT2D eigenvalue weighted by Crippen LogP contribution is 2.33. The smallest absolute Gasteiger partial charge is 0.351 e. The fraction of sp³-hybridized carbons (Fsp3) is 0.273. The average molecular weight is 673 g/mol. The first-order valence-electron chi connectivity index (χ1n) is 14.4. The third-order valence-corrected chi connectivity index (χ3v) is 7.65. The van der Waals surface area contributed by atoms with Gasteiger partial charge in [0, 0.05) is 43.3 Å². The molecular weight excluding hydrogens is 642 g/mol. The van der Waals surface area contributed by atoms with Gasteiger partial charge in [-0.25, -0.2) is 4.98 Å². The van der Waals surface area contributed by atoms with E-state index in [4.69, 9.17) is 17.5 Å². The van der Waals surface area contributed by atoms with Crippen LogP contribution in [0.3, 0.4) is 0 Å². The van der Waals surface area contributed by atoms with E-state index in [9.17, 15) is 31.1 Å². The largest absolute Gasteiger partial charge is 0.416 e. The standard InChI is InChI=1S/C33H30F6N6OS/c1-2-26(42-30(46)15-28-17-41-21-45(28)18-23-12-10-22(16-40)11-13-23)20-44(19-24-6-3-4-9-29(24)33(37,38)39)31(47)43-27-8-5-7-25(14-27)32(34,35)36/h3-14,17,21,26H,2,15,18-20H2,1H3,(H,42,46)(H,43,47)/t26-/m0/s1. The maximum absolute atomic E-state index is 13.8. The van der Waals surface area contributed by atoms with Gasteiger partial charge in [-0.3, -0.25) is 4.79 Å². The summed E-state index contributed by atoms with van der Waals surface area (Å²) >= 11 is 5.51. The molecular formula is C33H30F6N6OS. The number of halogens is 6. The molecule has 47 heavy (non-hydrogen) atoms. The third-order valence-electron chi connectivity index (χ3n) is 7.29. The molecule has 7 nitrogen and oxygen atoms in total. The van der Waals surface area contributed by atoms with Crippen molar-refractivity contribution in [2.75, 3.05) is 11.9 Å². The number of carbonyl (C=O) groups excluding carboxylic acids is 1. The first kappa shape index (κ1) is 35.0. The van der Waals surface area contributed by atoms with Crippen molar-refractivity contribution in [3.05, 3.63) is 119 Å². The van der Waals surface area contributed by atoms with E-state index in [0.29, 0.717) is 24.2 Å². The van der Waals surface area contributed by atoms with Gasteiger partial charge in [-0.15, -0.1) is 0 Å². The lowest BCUT2D eigenvalue weighted by molar-refractivity contribution is -0.138. The van der Waals surface area contributed by atoms with E-state index in [-0.39, 0.29) is 41.8 Å². The minimum Gasteiger partial charge on any atom is -0.351 e. The van der Waals surface area contributed by atoms with Gasteiger partial charge in [0.15, 0.2) is 5.11 Å². The summed E-state index contributed by atoms with van der Waals surface area (Å²) in [6.45, 7) is 1.83. The summed E-state index contributed by atoms with van der Waals surface area (Å²) in [5.74, 6) is -0.370. The molecule has 1 amide bonds. The zero-order chi connectivity index (χ0) is 34.2. The van der Waals surface area contributed by atoms with Gasteiger partial charge in [0.05, 0.1) is 35.5 Å². The highest BCUT2D eigenvalue weighted by atomic mass is 32.1. The number of hydrogen-bond donors (Lipinski definition) is 2. The van der Waals surface area contributed by atoms with Gasteiger partial charge in [0.2, 0.25) is 5.91 Å². The van der Waals surface area contributed by atoms with Crippen LogP contribution in [0.15, 0.2) is 85.3 Å². The summed E-state index contributed by atoms with van der Waals surface area (Å²) < 4.78 is 83.2. The minimum atomic E-state index is -4.66. The number of anilines is 1. The first-order valence-corrected chi connectivity index (χ1v) is 14.8. The van der Waals surface area contributed by atoms with E-state index in [1.165, 1.54) is 35.2 Å². The monoisotopic (exact) mass is 672 g/mol. The van der Waals surface area contributed by atoms with Crippen molar-refractivity contribution in [1.82, 2.24) is 19.8 Å². The summed E-state index contributed by atoms with van der Waals surface area (Å²) in [5, 5.41) is 14.5. The Hall–Kier alpha value is -4.90. The maximum Gasteiger partial charge on any atom is 0.416 e. The average Bonchev–Trinajstić information content (AvgIpc) is 3.45. The molecule has 0 saturated heterocycles. The normalized spacial score (nSPS) is 12.2. The van der Waals surface area contributed by atoms with Gasteiger partial charge in [-0.2, -0.15) is 31.6 Å². The van der Waals surface area contributed by atoms with Crippen LogP contribution in [0.5, 0.6) is 0 Å². The minimum absolute atomic E-state index is 0.00606. The summed E-state index contributed by atoms with van der Waals surface area (Å²) in [6.07, 6.45) is -5.80. The van der Waals surface area contributed by atoms with Crippen LogP contribution in [0.25, 0.3) is 0 Å². The molecule has 4 aromatic rings. The lowest BCUT2D eigenvalue weighted by atomic mass is 10.1. The van der Waals surface area contributed by atoms with Crippen molar-refractivity contribution in [3.8, 4) is 6.07 Å². The lowest BCUT2D eigenvalue weighted by Gasteiger charge is -2.31. The van der Waals surface area contributed by atoms with E-state index in [2.05, 4.69) is 21.7 Å². The van der Waals surface area contributed by atoms with Crippen molar-refractivity contribution in [1.29, 1.82) is 5.26 Å². The van der Waals surface area contributed by atoms with E-state index < -0.39 is 29.5 Å². The molecule has 4 rings (SSSR count). The topological polar surface area (TPSA) is 86.0 Å². The number of amides is 1. The Morgan fingerprint density at radius 2 is 1.74 bits per heavy atom. The van der Waals surface area contributed by atoms with E-state index in [1.807, 2.05) is 0 Å². The van der Waals surface area contributed by atoms with Crippen molar-refractivity contribution in [2.45, 2.75) is 51.2 Å². The number of carbonyl (C=O) groups is 1. The quantitative estimate of drug-likeness (QED) is 0.130. The first-order chi connectivity index (χ1) is 22.3. The van der Waals surface area contributed by atoms with Crippen LogP contribution in [0.2, 0.25) is 0 Å². The highest BCUT2D eigenvalue weighted by Gasteiger charge is 2.34. The Morgan fingerprint density at radius 3 is 2.40 bits per heavy atom. The molecule has 1 aromatic heterocycles. The summed E-state index contributed by atoms with van der Waals surface area (Å²) in [7, 11) is 0. The van der Waals surface area contributed by atoms with E-state index in [1.54, 1.807) is 48.3 Å².